The van der Waals surface area contributed by atoms with E-state index in [9.17, 15) is 13.2 Å². The highest BCUT2D eigenvalue weighted by molar-refractivity contribution is 7.99. The van der Waals surface area contributed by atoms with Crippen LogP contribution in [0.5, 0.6) is 0 Å². The third-order valence-corrected chi connectivity index (χ3v) is 8.57. The minimum absolute atomic E-state index is 0.0780. The maximum atomic E-state index is 12.8. The molecule has 0 atom stereocenters. The average molecular weight is 480 g/mol. The summed E-state index contributed by atoms with van der Waals surface area (Å²) < 4.78 is 25.7. The first-order chi connectivity index (χ1) is 14.4. The SMILES string of the molecule is O=C(Nc1nc(-c2ccc(S(=O)(=O)c3ccccc3Cl)cc2)cs1)N1CCSCC1. The van der Waals surface area contributed by atoms with Gasteiger partial charge in [0.25, 0.3) is 0 Å². The van der Waals surface area contributed by atoms with Crippen LogP contribution in [-0.2, 0) is 9.84 Å². The van der Waals surface area contributed by atoms with Crippen molar-refractivity contribution in [1.82, 2.24) is 9.88 Å². The maximum absolute atomic E-state index is 12.8. The van der Waals surface area contributed by atoms with Crippen molar-refractivity contribution in [2.75, 3.05) is 29.9 Å². The summed E-state index contributed by atoms with van der Waals surface area (Å²) in [4.78, 5) is 18.8. The van der Waals surface area contributed by atoms with Gasteiger partial charge in [0.1, 0.15) is 0 Å². The lowest BCUT2D eigenvalue weighted by atomic mass is 10.2. The van der Waals surface area contributed by atoms with Crippen LogP contribution in [0, 0.1) is 0 Å². The van der Waals surface area contributed by atoms with E-state index in [1.165, 1.54) is 29.5 Å². The molecule has 3 aromatic rings. The molecular weight excluding hydrogens is 462 g/mol. The number of anilines is 1. The van der Waals surface area contributed by atoms with Gasteiger partial charge in [-0.2, -0.15) is 11.8 Å². The zero-order chi connectivity index (χ0) is 21.1. The minimum Gasteiger partial charge on any atom is -0.323 e. The lowest BCUT2D eigenvalue weighted by Gasteiger charge is -2.25. The number of nitrogens with zero attached hydrogens (tertiary/aromatic N) is 2. The van der Waals surface area contributed by atoms with Gasteiger partial charge in [-0.3, -0.25) is 5.32 Å². The fourth-order valence-electron chi connectivity index (χ4n) is 3.00. The van der Waals surface area contributed by atoms with E-state index in [0.717, 1.165) is 30.2 Å². The molecule has 1 saturated heterocycles. The summed E-state index contributed by atoms with van der Waals surface area (Å²) in [5, 5.41) is 5.38. The summed E-state index contributed by atoms with van der Waals surface area (Å²) in [6.45, 7) is 1.46. The molecule has 2 amide bonds. The molecule has 1 aliphatic rings. The van der Waals surface area contributed by atoms with Gasteiger partial charge < -0.3 is 4.90 Å². The number of hydrogen-bond donors (Lipinski definition) is 1. The van der Waals surface area contributed by atoms with Crippen LogP contribution in [0.15, 0.2) is 63.7 Å². The number of rotatable bonds is 4. The summed E-state index contributed by atoms with van der Waals surface area (Å²) in [6, 6.07) is 12.7. The Labute approximate surface area is 188 Å². The number of sulfone groups is 1. The molecule has 1 aliphatic heterocycles. The molecule has 0 aliphatic carbocycles. The number of amides is 2. The van der Waals surface area contributed by atoms with Gasteiger partial charge >= 0.3 is 6.03 Å². The van der Waals surface area contributed by atoms with Crippen LogP contribution in [-0.4, -0.2) is 48.9 Å². The number of urea groups is 1. The molecule has 4 rings (SSSR count). The number of hydrogen-bond acceptors (Lipinski definition) is 6. The van der Waals surface area contributed by atoms with Crippen molar-refractivity contribution in [3.8, 4) is 11.3 Å². The highest BCUT2D eigenvalue weighted by Crippen LogP contribution is 2.30. The third kappa shape index (κ3) is 4.49. The summed E-state index contributed by atoms with van der Waals surface area (Å²) in [6.07, 6.45) is 0. The van der Waals surface area contributed by atoms with Crippen molar-refractivity contribution in [3.05, 3.63) is 58.9 Å². The molecule has 0 bridgehead atoms. The molecule has 6 nitrogen and oxygen atoms in total. The highest BCUT2D eigenvalue weighted by atomic mass is 35.5. The fourth-order valence-corrected chi connectivity index (χ4v) is 6.38. The van der Waals surface area contributed by atoms with Crippen LogP contribution in [0.3, 0.4) is 0 Å². The summed E-state index contributed by atoms with van der Waals surface area (Å²) >= 11 is 9.23. The van der Waals surface area contributed by atoms with Crippen LogP contribution in [0.4, 0.5) is 9.93 Å². The van der Waals surface area contributed by atoms with Gasteiger partial charge in [-0.1, -0.05) is 35.9 Å². The van der Waals surface area contributed by atoms with E-state index < -0.39 is 9.84 Å². The largest absolute Gasteiger partial charge is 0.323 e. The van der Waals surface area contributed by atoms with E-state index in [-0.39, 0.29) is 20.8 Å². The number of carbonyl (C=O) groups excluding carboxylic acids is 1. The van der Waals surface area contributed by atoms with Crippen LogP contribution < -0.4 is 5.32 Å². The van der Waals surface area contributed by atoms with E-state index in [4.69, 9.17) is 11.6 Å². The van der Waals surface area contributed by atoms with Gasteiger partial charge in [-0.15, -0.1) is 11.3 Å². The number of halogens is 1. The van der Waals surface area contributed by atoms with Gasteiger partial charge in [0, 0.05) is 35.5 Å². The Hall–Kier alpha value is -2.07. The standard InChI is InChI=1S/C20H18ClN3O3S3/c21-16-3-1-2-4-18(16)30(26,27)15-7-5-14(6-8-15)17-13-29-19(22-17)23-20(25)24-9-11-28-12-10-24/h1-8,13H,9-12H2,(H,22,23,25). The van der Waals surface area contributed by atoms with Crippen molar-refractivity contribution >= 4 is 55.7 Å². The normalized spacial score (nSPS) is 14.5. The van der Waals surface area contributed by atoms with E-state index in [1.807, 2.05) is 17.1 Å². The molecule has 0 spiro atoms. The van der Waals surface area contributed by atoms with Crippen molar-refractivity contribution in [3.63, 3.8) is 0 Å². The summed E-state index contributed by atoms with van der Waals surface area (Å²) in [7, 11) is -3.71. The number of benzene rings is 2. The lowest BCUT2D eigenvalue weighted by Crippen LogP contribution is -2.40. The fraction of sp³-hybridized carbons (Fsp3) is 0.200. The molecule has 1 fully saturated rings. The molecule has 1 N–H and O–H groups in total. The Bertz CT molecular complexity index is 1160. The number of thiazole rings is 1. The first-order valence-electron chi connectivity index (χ1n) is 9.14. The molecule has 156 valence electrons. The molecule has 0 saturated carbocycles. The Morgan fingerprint density at radius 1 is 1.07 bits per heavy atom. The quantitative estimate of drug-likeness (QED) is 0.577. The predicted molar refractivity (Wildman–Crippen MR) is 122 cm³/mol. The maximum Gasteiger partial charge on any atom is 0.323 e. The van der Waals surface area contributed by atoms with E-state index in [0.29, 0.717) is 10.8 Å². The molecule has 0 radical (unpaired) electrons. The molecule has 30 heavy (non-hydrogen) atoms. The number of nitrogens with one attached hydrogen (secondary N) is 1. The van der Waals surface area contributed by atoms with Crippen molar-refractivity contribution in [2.24, 2.45) is 0 Å². The summed E-state index contributed by atoms with van der Waals surface area (Å²) in [5.74, 6) is 1.89. The number of thioether (sulfide) groups is 1. The summed E-state index contributed by atoms with van der Waals surface area (Å²) in [5.41, 5.74) is 1.44. The Morgan fingerprint density at radius 3 is 2.47 bits per heavy atom. The van der Waals surface area contributed by atoms with Gasteiger partial charge in [0.15, 0.2) is 5.13 Å². The number of aromatic nitrogens is 1. The molecule has 1 aromatic heterocycles. The number of carbonyl (C=O) groups is 1. The third-order valence-electron chi connectivity index (χ3n) is 4.60. The van der Waals surface area contributed by atoms with E-state index >= 15 is 0 Å². The van der Waals surface area contributed by atoms with Crippen molar-refractivity contribution in [2.45, 2.75) is 9.79 Å². The van der Waals surface area contributed by atoms with Crippen molar-refractivity contribution in [1.29, 1.82) is 0 Å². The second-order valence-corrected chi connectivity index (χ2v) is 10.9. The van der Waals surface area contributed by atoms with E-state index in [1.54, 1.807) is 35.2 Å². The van der Waals surface area contributed by atoms with Crippen LogP contribution in [0.25, 0.3) is 11.3 Å². The molecule has 0 unspecified atom stereocenters. The van der Waals surface area contributed by atoms with Crippen molar-refractivity contribution < 1.29 is 13.2 Å². The second-order valence-electron chi connectivity index (χ2n) is 6.53. The molecule has 2 aromatic carbocycles. The van der Waals surface area contributed by atoms with Gasteiger partial charge in [-0.25, -0.2) is 18.2 Å². The van der Waals surface area contributed by atoms with Gasteiger partial charge in [0.2, 0.25) is 9.84 Å². The zero-order valence-electron chi connectivity index (χ0n) is 15.7. The smallest absolute Gasteiger partial charge is 0.323 e. The predicted octanol–water partition coefficient (Wildman–Crippen LogP) is 4.88. The lowest BCUT2D eigenvalue weighted by molar-refractivity contribution is 0.217. The second kappa shape index (κ2) is 8.97. The Balaban J connectivity index is 1.50. The minimum atomic E-state index is -3.71. The monoisotopic (exact) mass is 479 g/mol. The van der Waals surface area contributed by atoms with Gasteiger partial charge in [0.05, 0.1) is 20.5 Å². The topological polar surface area (TPSA) is 79.4 Å². The Morgan fingerprint density at radius 2 is 1.77 bits per heavy atom. The zero-order valence-corrected chi connectivity index (χ0v) is 19.0. The van der Waals surface area contributed by atoms with Gasteiger partial charge in [-0.05, 0) is 24.3 Å². The van der Waals surface area contributed by atoms with Crippen LogP contribution >= 0.6 is 34.7 Å². The van der Waals surface area contributed by atoms with Crippen LogP contribution in [0.1, 0.15) is 0 Å². The first kappa shape index (κ1) is 21.2. The molecule has 10 heteroatoms. The Kier molecular flexibility index (Phi) is 6.33. The van der Waals surface area contributed by atoms with Crippen LogP contribution in [0.2, 0.25) is 5.02 Å². The van der Waals surface area contributed by atoms with E-state index in [2.05, 4.69) is 10.3 Å². The highest BCUT2D eigenvalue weighted by Gasteiger charge is 2.21. The molecular formula is C20H18ClN3O3S3. The average Bonchev–Trinajstić information content (AvgIpc) is 3.23. The first-order valence-corrected chi connectivity index (χ1v) is 13.0. The molecule has 2 heterocycles.